The van der Waals surface area contributed by atoms with Crippen LogP contribution in [0, 0.1) is 0 Å². The average Bonchev–Trinajstić information content (AvgIpc) is 2.53. The summed E-state index contributed by atoms with van der Waals surface area (Å²) < 4.78 is 7.88. The fourth-order valence-corrected chi connectivity index (χ4v) is 2.29. The van der Waals surface area contributed by atoms with E-state index in [4.69, 9.17) is 4.74 Å². The maximum atomic E-state index is 10.7. The van der Waals surface area contributed by atoms with E-state index in [-0.39, 0.29) is 0 Å². The molecule has 1 aromatic rings. The first-order chi connectivity index (χ1) is 7.44. The topological polar surface area (TPSA) is 44.1 Å². The number of nitrogens with zero attached hydrogens (tertiary/aromatic N) is 2. The van der Waals surface area contributed by atoms with Crippen LogP contribution in [0.5, 0.6) is 0 Å². The van der Waals surface area contributed by atoms with Gasteiger partial charge in [0.2, 0.25) is 0 Å². The number of carbonyl (C=O) groups is 1. The molecule has 1 rings (SSSR count). The van der Waals surface area contributed by atoms with Gasteiger partial charge in [-0.25, -0.2) is 4.98 Å². The highest BCUT2D eigenvalue weighted by atomic mass is 79.9. The zero-order valence-corrected chi connectivity index (χ0v) is 12.5. The molecular weight excluding hydrogens is 288 g/mol. The number of aldehydes is 1. The number of ether oxygens (including phenoxy) is 1. The van der Waals surface area contributed by atoms with Crippen molar-refractivity contribution in [2.75, 3.05) is 6.61 Å². The van der Waals surface area contributed by atoms with E-state index in [1.807, 2.05) is 0 Å². The molecule has 0 spiro atoms. The largest absolute Gasteiger partial charge is 0.361 e. The number of aromatic nitrogens is 2. The second kappa shape index (κ2) is 5.74. The Morgan fingerprint density at radius 2 is 2.25 bits per heavy atom. The van der Waals surface area contributed by atoms with Crippen molar-refractivity contribution < 1.29 is 9.53 Å². The zero-order chi connectivity index (χ0) is 12.2. The minimum atomic E-state index is -1.05. The van der Waals surface area contributed by atoms with Crippen LogP contribution in [0.3, 0.4) is 0 Å². The molecule has 0 saturated carbocycles. The standard InChI is InChI=1S/C10H17BrN2O2Si/c1-16(2,3)5-4-15-8-13-9(7-14)6-12-10(13)11/h6-7H,4-5,8H2,1-3H3. The molecule has 0 amide bonds. The van der Waals surface area contributed by atoms with Gasteiger partial charge in [0, 0.05) is 14.7 Å². The Bertz CT molecular complexity index is 360. The lowest BCUT2D eigenvalue weighted by Gasteiger charge is -2.15. The molecule has 0 N–H and O–H groups in total. The zero-order valence-electron chi connectivity index (χ0n) is 9.86. The van der Waals surface area contributed by atoms with Crippen molar-refractivity contribution in [3.8, 4) is 0 Å². The third kappa shape index (κ3) is 4.19. The van der Waals surface area contributed by atoms with Crippen molar-refractivity contribution in [3.05, 3.63) is 16.6 Å². The van der Waals surface area contributed by atoms with Gasteiger partial charge in [0.1, 0.15) is 12.4 Å². The van der Waals surface area contributed by atoms with Crippen LogP contribution in [0.15, 0.2) is 10.9 Å². The van der Waals surface area contributed by atoms with Gasteiger partial charge in [0.15, 0.2) is 11.0 Å². The predicted octanol–water partition coefficient (Wildman–Crippen LogP) is 2.77. The van der Waals surface area contributed by atoms with E-state index in [1.165, 1.54) is 6.20 Å². The average molecular weight is 305 g/mol. The summed E-state index contributed by atoms with van der Waals surface area (Å²) in [6, 6.07) is 1.12. The first kappa shape index (κ1) is 13.6. The Balaban J connectivity index is 2.43. The molecule has 1 aromatic heterocycles. The molecule has 6 heteroatoms. The molecule has 0 bridgehead atoms. The van der Waals surface area contributed by atoms with Crippen LogP contribution in [0.25, 0.3) is 0 Å². The smallest absolute Gasteiger partial charge is 0.179 e. The number of halogens is 1. The van der Waals surface area contributed by atoms with Crippen LogP contribution >= 0.6 is 15.9 Å². The number of carbonyl (C=O) groups excluding carboxylic acids is 1. The SMILES string of the molecule is C[Si](C)(C)CCOCn1c(C=O)cnc1Br. The normalized spacial score (nSPS) is 11.8. The van der Waals surface area contributed by atoms with Gasteiger partial charge in [-0.1, -0.05) is 19.6 Å². The summed E-state index contributed by atoms with van der Waals surface area (Å²) in [5.41, 5.74) is 0.528. The van der Waals surface area contributed by atoms with Crippen molar-refractivity contribution >= 4 is 30.3 Å². The van der Waals surface area contributed by atoms with Gasteiger partial charge in [0.25, 0.3) is 0 Å². The van der Waals surface area contributed by atoms with E-state index in [0.29, 0.717) is 17.2 Å². The van der Waals surface area contributed by atoms with Gasteiger partial charge in [-0.15, -0.1) is 0 Å². The summed E-state index contributed by atoms with van der Waals surface area (Å²) in [6.45, 7) is 8.03. The predicted molar refractivity (Wildman–Crippen MR) is 69.4 cm³/mol. The lowest BCUT2D eigenvalue weighted by atomic mass is 10.5. The Morgan fingerprint density at radius 3 is 2.81 bits per heavy atom. The van der Waals surface area contributed by atoms with E-state index < -0.39 is 8.07 Å². The summed E-state index contributed by atoms with van der Waals surface area (Å²) in [4.78, 5) is 14.7. The fourth-order valence-electron chi connectivity index (χ4n) is 1.12. The molecule has 0 aliphatic heterocycles. The van der Waals surface area contributed by atoms with Crippen LogP contribution < -0.4 is 0 Å². The lowest BCUT2D eigenvalue weighted by Crippen LogP contribution is -2.22. The van der Waals surface area contributed by atoms with Crippen LogP contribution in [-0.4, -0.2) is 30.5 Å². The molecule has 0 aliphatic rings. The molecule has 1 heterocycles. The van der Waals surface area contributed by atoms with Crippen molar-refractivity contribution in [1.29, 1.82) is 0 Å². The molecule has 16 heavy (non-hydrogen) atoms. The van der Waals surface area contributed by atoms with Gasteiger partial charge < -0.3 is 4.74 Å². The highest BCUT2D eigenvalue weighted by Crippen LogP contribution is 2.12. The Morgan fingerprint density at radius 1 is 1.56 bits per heavy atom. The van der Waals surface area contributed by atoms with Gasteiger partial charge in [-0.3, -0.25) is 9.36 Å². The van der Waals surface area contributed by atoms with Crippen LogP contribution in [-0.2, 0) is 11.5 Å². The molecule has 0 saturated heterocycles. The summed E-state index contributed by atoms with van der Waals surface area (Å²) in [7, 11) is -1.05. The molecule has 0 aromatic carbocycles. The number of imidazole rings is 1. The number of hydrogen-bond acceptors (Lipinski definition) is 3. The van der Waals surface area contributed by atoms with Gasteiger partial charge in [0.05, 0.1) is 6.20 Å². The maximum absolute atomic E-state index is 10.7. The summed E-state index contributed by atoms with van der Waals surface area (Å²) >= 11 is 3.27. The highest BCUT2D eigenvalue weighted by molar-refractivity contribution is 9.10. The van der Waals surface area contributed by atoms with E-state index in [9.17, 15) is 4.79 Å². The molecule has 4 nitrogen and oxygen atoms in total. The molecular formula is C10H17BrN2O2Si. The Kier molecular flexibility index (Phi) is 4.88. The quantitative estimate of drug-likeness (QED) is 0.461. The monoisotopic (exact) mass is 304 g/mol. The molecule has 0 atom stereocenters. The Labute approximate surface area is 105 Å². The van der Waals surface area contributed by atoms with Crippen LogP contribution in [0.4, 0.5) is 0 Å². The van der Waals surface area contributed by atoms with Crippen LogP contribution in [0.1, 0.15) is 10.5 Å². The first-order valence-electron chi connectivity index (χ1n) is 5.18. The van der Waals surface area contributed by atoms with Gasteiger partial charge >= 0.3 is 0 Å². The van der Waals surface area contributed by atoms with Crippen molar-refractivity contribution in [2.24, 2.45) is 0 Å². The van der Waals surface area contributed by atoms with Gasteiger partial charge in [-0.05, 0) is 22.0 Å². The number of hydrogen-bond donors (Lipinski definition) is 0. The highest BCUT2D eigenvalue weighted by Gasteiger charge is 2.12. The van der Waals surface area contributed by atoms with E-state index in [0.717, 1.165) is 18.9 Å². The van der Waals surface area contributed by atoms with E-state index in [1.54, 1.807) is 4.57 Å². The molecule has 90 valence electrons. The minimum absolute atomic E-state index is 0.374. The summed E-state index contributed by atoms with van der Waals surface area (Å²) in [5, 5.41) is 0. The van der Waals surface area contributed by atoms with E-state index in [2.05, 4.69) is 40.6 Å². The summed E-state index contributed by atoms with van der Waals surface area (Å²) in [6.07, 6.45) is 2.30. The Hall–Kier alpha value is -0.463. The van der Waals surface area contributed by atoms with Crippen molar-refractivity contribution in [1.82, 2.24) is 9.55 Å². The second-order valence-electron chi connectivity index (χ2n) is 4.85. The fraction of sp³-hybridized carbons (Fsp3) is 0.600. The molecule has 0 fully saturated rings. The lowest BCUT2D eigenvalue weighted by molar-refractivity contribution is 0.0821. The molecule has 0 aliphatic carbocycles. The van der Waals surface area contributed by atoms with Crippen LogP contribution in [0.2, 0.25) is 25.7 Å². The first-order valence-corrected chi connectivity index (χ1v) is 9.68. The van der Waals surface area contributed by atoms with E-state index >= 15 is 0 Å². The minimum Gasteiger partial charge on any atom is -0.361 e. The molecule has 0 unspecified atom stereocenters. The molecule has 0 radical (unpaired) electrons. The van der Waals surface area contributed by atoms with Crippen molar-refractivity contribution in [2.45, 2.75) is 32.4 Å². The maximum Gasteiger partial charge on any atom is 0.179 e. The van der Waals surface area contributed by atoms with Gasteiger partial charge in [-0.2, -0.15) is 0 Å². The second-order valence-corrected chi connectivity index (χ2v) is 11.2. The summed E-state index contributed by atoms with van der Waals surface area (Å²) in [5.74, 6) is 0. The number of rotatable bonds is 6. The third-order valence-electron chi connectivity index (χ3n) is 2.18. The van der Waals surface area contributed by atoms with Crippen molar-refractivity contribution in [3.63, 3.8) is 0 Å². The third-order valence-corrected chi connectivity index (χ3v) is 4.51.